The molecule has 0 aromatic carbocycles. The van der Waals surface area contributed by atoms with Crippen LogP contribution in [0.2, 0.25) is 0 Å². The average Bonchev–Trinajstić information content (AvgIpc) is 2.93. The van der Waals surface area contributed by atoms with Gasteiger partial charge in [-0.1, -0.05) is 0 Å². The molecule has 0 aromatic rings. The molecule has 13 heavy (non-hydrogen) atoms. The minimum atomic E-state index is 0.624. The number of hydrogen-bond donors (Lipinski definition) is 1. The van der Waals surface area contributed by atoms with Crippen LogP contribution >= 0.6 is 12.2 Å². The maximum atomic E-state index is 5.33. The topological polar surface area (TPSA) is 15.3 Å². The van der Waals surface area contributed by atoms with Crippen molar-refractivity contribution in [1.82, 2.24) is 10.2 Å². The molecule has 74 valence electrons. The minimum Gasteiger partial charge on any atom is -0.360 e. The minimum absolute atomic E-state index is 0.624. The number of nitrogens with one attached hydrogen (secondary N) is 1. The number of nitrogens with zero attached hydrogens (tertiary/aromatic N) is 1. The Bertz CT molecular complexity index is 209. The van der Waals surface area contributed by atoms with Crippen LogP contribution in [0.3, 0.4) is 0 Å². The van der Waals surface area contributed by atoms with Crippen LogP contribution in [0, 0.1) is 5.92 Å². The van der Waals surface area contributed by atoms with Crippen molar-refractivity contribution in [2.75, 3.05) is 7.05 Å². The second-order valence-corrected chi connectivity index (χ2v) is 4.80. The third-order valence-electron chi connectivity index (χ3n) is 3.14. The van der Waals surface area contributed by atoms with Crippen LogP contribution in [0.25, 0.3) is 0 Å². The molecule has 0 aromatic heterocycles. The first-order chi connectivity index (χ1) is 6.18. The van der Waals surface area contributed by atoms with Gasteiger partial charge in [0.15, 0.2) is 5.11 Å². The Labute approximate surface area is 85.7 Å². The van der Waals surface area contributed by atoms with E-state index in [4.69, 9.17) is 12.2 Å². The standard InChI is InChI=1S/C10H18N2S/c1-7(8-3-4-8)12(2)10(13)11-9-5-6-9/h7-9H,3-6H2,1-2H3,(H,11,13). The molecule has 0 amide bonds. The smallest absolute Gasteiger partial charge is 0.169 e. The zero-order chi connectivity index (χ0) is 9.42. The Morgan fingerprint density at radius 1 is 1.38 bits per heavy atom. The Morgan fingerprint density at radius 3 is 2.46 bits per heavy atom. The molecule has 2 aliphatic rings. The first kappa shape index (κ1) is 9.25. The van der Waals surface area contributed by atoms with E-state index in [0.717, 1.165) is 11.0 Å². The van der Waals surface area contributed by atoms with E-state index in [0.29, 0.717) is 12.1 Å². The van der Waals surface area contributed by atoms with Gasteiger partial charge in [-0.15, -0.1) is 0 Å². The summed E-state index contributed by atoms with van der Waals surface area (Å²) in [6, 6.07) is 1.31. The first-order valence-electron chi connectivity index (χ1n) is 5.22. The lowest BCUT2D eigenvalue weighted by Gasteiger charge is -2.27. The quantitative estimate of drug-likeness (QED) is 0.696. The highest BCUT2D eigenvalue weighted by Gasteiger charge is 2.32. The lowest BCUT2D eigenvalue weighted by atomic mass is 10.2. The molecule has 2 saturated carbocycles. The maximum absolute atomic E-state index is 5.33. The van der Waals surface area contributed by atoms with Crippen LogP contribution < -0.4 is 5.32 Å². The predicted octanol–water partition coefficient (Wildman–Crippen LogP) is 1.75. The fourth-order valence-corrected chi connectivity index (χ4v) is 1.92. The van der Waals surface area contributed by atoms with Crippen LogP contribution in [0.5, 0.6) is 0 Å². The second-order valence-electron chi connectivity index (χ2n) is 4.41. The summed E-state index contributed by atoms with van der Waals surface area (Å²) in [5.41, 5.74) is 0. The van der Waals surface area contributed by atoms with Crippen molar-refractivity contribution >= 4 is 17.3 Å². The Kier molecular flexibility index (Phi) is 2.45. The number of thiocarbonyl (C=S) groups is 1. The fraction of sp³-hybridized carbons (Fsp3) is 0.900. The van der Waals surface area contributed by atoms with E-state index >= 15 is 0 Å². The summed E-state index contributed by atoms with van der Waals surface area (Å²) in [7, 11) is 2.11. The molecular formula is C10H18N2S. The molecule has 1 unspecified atom stereocenters. The highest BCUT2D eigenvalue weighted by atomic mass is 32.1. The Morgan fingerprint density at radius 2 is 2.00 bits per heavy atom. The van der Waals surface area contributed by atoms with Crippen LogP contribution in [0.1, 0.15) is 32.6 Å². The lowest BCUT2D eigenvalue weighted by Crippen LogP contribution is -2.43. The van der Waals surface area contributed by atoms with Gasteiger partial charge in [0.1, 0.15) is 0 Å². The Balaban J connectivity index is 1.79. The van der Waals surface area contributed by atoms with Gasteiger partial charge < -0.3 is 10.2 Å². The summed E-state index contributed by atoms with van der Waals surface area (Å²) >= 11 is 5.33. The molecule has 2 rings (SSSR count). The molecule has 3 heteroatoms. The van der Waals surface area contributed by atoms with E-state index in [2.05, 4.69) is 24.2 Å². The molecule has 1 atom stereocenters. The summed E-state index contributed by atoms with van der Waals surface area (Å²) in [6.07, 6.45) is 5.37. The number of rotatable bonds is 3. The zero-order valence-corrected chi connectivity index (χ0v) is 9.23. The van der Waals surface area contributed by atoms with E-state index in [9.17, 15) is 0 Å². The monoisotopic (exact) mass is 198 g/mol. The van der Waals surface area contributed by atoms with Gasteiger partial charge >= 0.3 is 0 Å². The van der Waals surface area contributed by atoms with Gasteiger partial charge in [0.25, 0.3) is 0 Å². The number of hydrogen-bond acceptors (Lipinski definition) is 1. The van der Waals surface area contributed by atoms with Gasteiger partial charge in [-0.05, 0) is 50.7 Å². The third kappa shape index (κ3) is 2.33. The Hall–Kier alpha value is -0.310. The van der Waals surface area contributed by atoms with E-state index in [1.807, 2.05) is 0 Å². The van der Waals surface area contributed by atoms with Crippen LogP contribution in [-0.4, -0.2) is 29.1 Å². The molecule has 0 bridgehead atoms. The van der Waals surface area contributed by atoms with Gasteiger partial charge in [0.05, 0.1) is 0 Å². The van der Waals surface area contributed by atoms with Crippen molar-refractivity contribution in [2.24, 2.45) is 5.92 Å². The van der Waals surface area contributed by atoms with E-state index in [1.54, 1.807) is 0 Å². The largest absolute Gasteiger partial charge is 0.360 e. The van der Waals surface area contributed by atoms with Crippen molar-refractivity contribution in [2.45, 2.75) is 44.7 Å². The molecule has 0 heterocycles. The summed E-state index contributed by atoms with van der Waals surface area (Å²) in [4.78, 5) is 2.23. The third-order valence-corrected chi connectivity index (χ3v) is 3.55. The van der Waals surface area contributed by atoms with Crippen molar-refractivity contribution in [1.29, 1.82) is 0 Å². The summed E-state index contributed by atoms with van der Waals surface area (Å²) in [5.74, 6) is 0.893. The van der Waals surface area contributed by atoms with Crippen LogP contribution in [0.15, 0.2) is 0 Å². The fourth-order valence-electron chi connectivity index (χ4n) is 1.58. The van der Waals surface area contributed by atoms with Gasteiger partial charge in [-0.3, -0.25) is 0 Å². The highest BCUT2D eigenvalue weighted by Crippen LogP contribution is 2.34. The predicted molar refractivity (Wildman–Crippen MR) is 58.7 cm³/mol. The van der Waals surface area contributed by atoms with Gasteiger partial charge in [-0.2, -0.15) is 0 Å². The van der Waals surface area contributed by atoms with Gasteiger partial charge in [0.2, 0.25) is 0 Å². The molecule has 2 aliphatic carbocycles. The maximum Gasteiger partial charge on any atom is 0.169 e. The molecule has 0 spiro atoms. The molecule has 2 fully saturated rings. The van der Waals surface area contributed by atoms with Crippen LogP contribution in [0.4, 0.5) is 0 Å². The molecular weight excluding hydrogens is 180 g/mol. The van der Waals surface area contributed by atoms with E-state index in [1.165, 1.54) is 25.7 Å². The van der Waals surface area contributed by atoms with E-state index < -0.39 is 0 Å². The van der Waals surface area contributed by atoms with Crippen molar-refractivity contribution < 1.29 is 0 Å². The van der Waals surface area contributed by atoms with Crippen molar-refractivity contribution in [3.63, 3.8) is 0 Å². The average molecular weight is 198 g/mol. The SMILES string of the molecule is CC(C1CC1)N(C)C(=S)NC1CC1. The van der Waals surface area contributed by atoms with Crippen molar-refractivity contribution in [3.8, 4) is 0 Å². The second kappa shape index (κ2) is 3.45. The molecule has 1 N–H and O–H groups in total. The molecule has 0 aliphatic heterocycles. The normalized spacial score (nSPS) is 23.8. The highest BCUT2D eigenvalue weighted by molar-refractivity contribution is 7.80. The summed E-state index contributed by atoms with van der Waals surface area (Å²) < 4.78 is 0. The molecule has 0 saturated heterocycles. The summed E-state index contributed by atoms with van der Waals surface area (Å²) in [5, 5.41) is 4.32. The first-order valence-corrected chi connectivity index (χ1v) is 5.62. The van der Waals surface area contributed by atoms with Crippen LogP contribution in [-0.2, 0) is 0 Å². The lowest BCUT2D eigenvalue weighted by molar-refractivity contribution is 0.348. The summed E-state index contributed by atoms with van der Waals surface area (Å²) in [6.45, 7) is 2.28. The molecule has 2 nitrogen and oxygen atoms in total. The zero-order valence-electron chi connectivity index (χ0n) is 8.42. The van der Waals surface area contributed by atoms with Gasteiger partial charge in [-0.25, -0.2) is 0 Å². The van der Waals surface area contributed by atoms with Gasteiger partial charge in [0, 0.05) is 19.1 Å². The van der Waals surface area contributed by atoms with Crippen molar-refractivity contribution in [3.05, 3.63) is 0 Å². The molecule has 0 radical (unpaired) electrons. The van der Waals surface area contributed by atoms with E-state index in [-0.39, 0.29) is 0 Å².